The van der Waals surface area contributed by atoms with Gasteiger partial charge < -0.3 is 10.2 Å². The van der Waals surface area contributed by atoms with Crippen molar-refractivity contribution in [1.82, 2.24) is 14.8 Å². The molecule has 0 atom stereocenters. The molecule has 1 aliphatic heterocycles. The molecule has 1 aliphatic rings. The number of carbonyl (C=O) groups is 1. The Bertz CT molecular complexity index is 613. The van der Waals surface area contributed by atoms with Crippen LogP contribution in [0.2, 0.25) is 0 Å². The van der Waals surface area contributed by atoms with Crippen molar-refractivity contribution in [2.75, 3.05) is 39.0 Å². The molecule has 118 valence electrons. The number of hydrogen-bond donors (Lipinski definition) is 1. The zero-order valence-corrected chi connectivity index (χ0v) is 13.9. The Morgan fingerprint density at radius 3 is 2.77 bits per heavy atom. The minimum atomic E-state index is 0.178. The average Bonchev–Trinajstić information content (AvgIpc) is 2.91. The lowest BCUT2D eigenvalue weighted by atomic mass is 10.1. The summed E-state index contributed by atoms with van der Waals surface area (Å²) in [5, 5.41) is 4.56. The van der Waals surface area contributed by atoms with Gasteiger partial charge in [-0.1, -0.05) is 23.5 Å². The Morgan fingerprint density at radius 1 is 1.36 bits per heavy atom. The van der Waals surface area contributed by atoms with E-state index in [1.54, 1.807) is 16.2 Å². The van der Waals surface area contributed by atoms with Crippen molar-refractivity contribution in [3.63, 3.8) is 0 Å². The van der Waals surface area contributed by atoms with Gasteiger partial charge in [-0.15, -0.1) is 0 Å². The fourth-order valence-electron chi connectivity index (χ4n) is 2.68. The van der Waals surface area contributed by atoms with E-state index in [9.17, 15) is 4.79 Å². The number of rotatable bonds is 4. The second kappa shape index (κ2) is 6.62. The minimum absolute atomic E-state index is 0.178. The summed E-state index contributed by atoms with van der Waals surface area (Å²) in [5.74, 6) is 0.178. The number of piperidine rings is 1. The third kappa shape index (κ3) is 3.56. The first-order valence-electron chi connectivity index (χ1n) is 7.66. The van der Waals surface area contributed by atoms with Crippen molar-refractivity contribution in [1.29, 1.82) is 0 Å². The second-order valence-corrected chi connectivity index (χ2v) is 7.00. The predicted octanol–water partition coefficient (Wildman–Crippen LogP) is 2.26. The first-order chi connectivity index (χ1) is 10.6. The van der Waals surface area contributed by atoms with Gasteiger partial charge >= 0.3 is 0 Å². The van der Waals surface area contributed by atoms with Crippen LogP contribution in [0.3, 0.4) is 0 Å². The monoisotopic (exact) mass is 318 g/mol. The topological polar surface area (TPSA) is 48.5 Å². The number of benzene rings is 1. The van der Waals surface area contributed by atoms with Gasteiger partial charge in [0.1, 0.15) is 0 Å². The SMILES string of the molecule is CN(C)C(=O)CN1CCC(Nc2nc3ccccc3s2)CC1. The molecule has 1 amide bonds. The molecule has 5 nitrogen and oxygen atoms in total. The summed E-state index contributed by atoms with van der Waals surface area (Å²) in [6, 6.07) is 8.67. The number of likely N-dealkylation sites (tertiary alicyclic amines) is 1. The van der Waals surface area contributed by atoms with Gasteiger partial charge in [0.15, 0.2) is 5.13 Å². The van der Waals surface area contributed by atoms with E-state index in [0.29, 0.717) is 12.6 Å². The molecule has 0 bridgehead atoms. The maximum Gasteiger partial charge on any atom is 0.236 e. The van der Waals surface area contributed by atoms with Gasteiger partial charge in [-0.3, -0.25) is 9.69 Å². The van der Waals surface area contributed by atoms with E-state index in [2.05, 4.69) is 21.3 Å². The number of fused-ring (bicyclic) bond motifs is 1. The van der Waals surface area contributed by atoms with Gasteiger partial charge in [0.25, 0.3) is 0 Å². The molecule has 0 unspecified atom stereocenters. The summed E-state index contributed by atoms with van der Waals surface area (Å²) in [5.41, 5.74) is 1.06. The lowest BCUT2D eigenvalue weighted by Crippen LogP contribution is -2.43. The summed E-state index contributed by atoms with van der Waals surface area (Å²) in [6.07, 6.45) is 2.10. The molecule has 2 aromatic rings. The molecule has 2 heterocycles. The van der Waals surface area contributed by atoms with Crippen molar-refractivity contribution in [2.45, 2.75) is 18.9 Å². The number of likely N-dealkylation sites (N-methyl/N-ethyl adjacent to an activating group) is 1. The van der Waals surface area contributed by atoms with E-state index in [4.69, 9.17) is 0 Å². The molecule has 1 aromatic heterocycles. The fraction of sp³-hybridized carbons (Fsp3) is 0.500. The standard InChI is InChI=1S/C16H22N4OS/c1-19(2)15(21)11-20-9-7-12(8-10-20)17-16-18-13-5-3-4-6-14(13)22-16/h3-6,12H,7-11H2,1-2H3,(H,17,18). The molecule has 1 fully saturated rings. The van der Waals surface area contributed by atoms with E-state index in [1.165, 1.54) is 4.70 Å². The van der Waals surface area contributed by atoms with Gasteiger partial charge in [0, 0.05) is 33.2 Å². The van der Waals surface area contributed by atoms with Crippen molar-refractivity contribution in [2.24, 2.45) is 0 Å². The zero-order valence-electron chi connectivity index (χ0n) is 13.1. The molecule has 22 heavy (non-hydrogen) atoms. The summed E-state index contributed by atoms with van der Waals surface area (Å²) >= 11 is 1.71. The van der Waals surface area contributed by atoms with Crippen LogP contribution < -0.4 is 5.32 Å². The first kappa shape index (κ1) is 15.2. The van der Waals surface area contributed by atoms with E-state index >= 15 is 0 Å². The van der Waals surface area contributed by atoms with Crippen LogP contribution in [0.4, 0.5) is 5.13 Å². The van der Waals surface area contributed by atoms with E-state index in [0.717, 1.165) is 36.6 Å². The van der Waals surface area contributed by atoms with Gasteiger partial charge in [0.05, 0.1) is 16.8 Å². The highest BCUT2D eigenvalue weighted by atomic mass is 32.1. The van der Waals surface area contributed by atoms with Crippen LogP contribution in [0.25, 0.3) is 10.2 Å². The van der Waals surface area contributed by atoms with Gasteiger partial charge in [0.2, 0.25) is 5.91 Å². The highest BCUT2D eigenvalue weighted by Crippen LogP contribution is 2.27. The maximum atomic E-state index is 11.7. The number of hydrogen-bond acceptors (Lipinski definition) is 5. The molecule has 0 radical (unpaired) electrons. The Kier molecular flexibility index (Phi) is 4.59. The molecule has 0 aliphatic carbocycles. The molecular weight excluding hydrogens is 296 g/mol. The quantitative estimate of drug-likeness (QED) is 0.939. The van der Waals surface area contributed by atoms with Crippen LogP contribution in [0.5, 0.6) is 0 Å². The molecule has 0 spiro atoms. The van der Waals surface area contributed by atoms with Crippen molar-refractivity contribution in [3.8, 4) is 0 Å². The van der Waals surface area contributed by atoms with Crippen LogP contribution in [0.1, 0.15) is 12.8 Å². The van der Waals surface area contributed by atoms with Crippen LogP contribution in [0, 0.1) is 0 Å². The summed E-state index contributed by atoms with van der Waals surface area (Å²) < 4.78 is 1.22. The largest absolute Gasteiger partial charge is 0.359 e. The molecular formula is C16H22N4OS. The molecule has 1 saturated heterocycles. The van der Waals surface area contributed by atoms with Crippen LogP contribution >= 0.6 is 11.3 Å². The number of carbonyl (C=O) groups excluding carboxylic acids is 1. The highest BCUT2D eigenvalue weighted by molar-refractivity contribution is 7.22. The Hall–Kier alpha value is -1.66. The number of amides is 1. The molecule has 1 N–H and O–H groups in total. The second-order valence-electron chi connectivity index (χ2n) is 5.97. The molecule has 6 heteroatoms. The zero-order chi connectivity index (χ0) is 15.5. The van der Waals surface area contributed by atoms with Gasteiger partial charge in [-0.25, -0.2) is 4.98 Å². The average molecular weight is 318 g/mol. The van der Waals surface area contributed by atoms with Gasteiger partial charge in [-0.2, -0.15) is 0 Å². The molecule has 3 rings (SSSR count). The molecule has 1 aromatic carbocycles. The number of nitrogens with zero attached hydrogens (tertiary/aromatic N) is 3. The van der Waals surface area contributed by atoms with E-state index < -0.39 is 0 Å². The predicted molar refractivity (Wildman–Crippen MR) is 91.4 cm³/mol. The Labute approximate surface area is 134 Å². The number of aromatic nitrogens is 1. The molecule has 0 saturated carbocycles. The lowest BCUT2D eigenvalue weighted by molar-refractivity contribution is -0.130. The first-order valence-corrected chi connectivity index (χ1v) is 8.48. The van der Waals surface area contributed by atoms with Crippen molar-refractivity contribution >= 4 is 32.6 Å². The minimum Gasteiger partial charge on any atom is -0.359 e. The maximum absolute atomic E-state index is 11.7. The third-order valence-electron chi connectivity index (χ3n) is 4.07. The number of thiazole rings is 1. The summed E-state index contributed by atoms with van der Waals surface area (Å²) in [4.78, 5) is 20.3. The Balaban J connectivity index is 1.52. The third-order valence-corrected chi connectivity index (χ3v) is 5.03. The normalized spacial score (nSPS) is 16.8. The summed E-state index contributed by atoms with van der Waals surface area (Å²) in [6.45, 7) is 2.45. The van der Waals surface area contributed by atoms with Gasteiger partial charge in [-0.05, 0) is 25.0 Å². The number of anilines is 1. The fourth-order valence-corrected chi connectivity index (χ4v) is 3.62. The Morgan fingerprint density at radius 2 is 2.09 bits per heavy atom. The number of nitrogens with one attached hydrogen (secondary N) is 1. The lowest BCUT2D eigenvalue weighted by Gasteiger charge is -2.32. The smallest absolute Gasteiger partial charge is 0.236 e. The van der Waals surface area contributed by atoms with E-state index in [1.807, 2.05) is 32.3 Å². The van der Waals surface area contributed by atoms with Crippen LogP contribution in [0.15, 0.2) is 24.3 Å². The van der Waals surface area contributed by atoms with Crippen LogP contribution in [-0.4, -0.2) is 60.5 Å². The van der Waals surface area contributed by atoms with E-state index in [-0.39, 0.29) is 5.91 Å². The van der Waals surface area contributed by atoms with Crippen molar-refractivity contribution < 1.29 is 4.79 Å². The number of para-hydroxylation sites is 1. The van der Waals surface area contributed by atoms with Crippen LogP contribution in [-0.2, 0) is 4.79 Å². The summed E-state index contributed by atoms with van der Waals surface area (Å²) in [7, 11) is 3.62. The highest BCUT2D eigenvalue weighted by Gasteiger charge is 2.22. The van der Waals surface area contributed by atoms with Crippen molar-refractivity contribution in [3.05, 3.63) is 24.3 Å².